The maximum absolute atomic E-state index is 11.5. The van der Waals surface area contributed by atoms with Crippen molar-refractivity contribution in [1.82, 2.24) is 4.90 Å². The molecule has 1 amide bonds. The Morgan fingerprint density at radius 1 is 1.12 bits per heavy atom. The smallest absolute Gasteiger partial charge is 0.237 e. The lowest BCUT2D eigenvalue weighted by molar-refractivity contribution is -0.129. The summed E-state index contributed by atoms with van der Waals surface area (Å²) in [5.41, 5.74) is 7.88. The monoisotopic (exact) mass is 354 g/mol. The first-order valence-corrected chi connectivity index (χ1v) is 9.09. The van der Waals surface area contributed by atoms with Crippen LogP contribution >= 0.6 is 0 Å². The van der Waals surface area contributed by atoms with Crippen molar-refractivity contribution in [2.75, 3.05) is 26.3 Å². The van der Waals surface area contributed by atoms with Gasteiger partial charge in [-0.3, -0.25) is 9.69 Å². The van der Waals surface area contributed by atoms with E-state index in [1.54, 1.807) is 0 Å². The molecule has 0 aromatic heterocycles. The van der Waals surface area contributed by atoms with Gasteiger partial charge in [0, 0.05) is 6.54 Å². The molecule has 1 fully saturated rings. The summed E-state index contributed by atoms with van der Waals surface area (Å²) in [6.45, 7) is 3.26. The molecular formula is C21H26N2O3. The SMILES string of the molecule is NC(=O)C1COCCN1CCCc1ccc(OCc2ccccc2)cc1. The topological polar surface area (TPSA) is 64.8 Å². The van der Waals surface area contributed by atoms with Gasteiger partial charge in [0.1, 0.15) is 18.4 Å². The van der Waals surface area contributed by atoms with Crippen molar-refractivity contribution in [3.8, 4) is 5.75 Å². The third kappa shape index (κ3) is 5.31. The van der Waals surface area contributed by atoms with Crippen molar-refractivity contribution >= 4 is 5.91 Å². The Labute approximate surface area is 154 Å². The Morgan fingerprint density at radius 2 is 1.88 bits per heavy atom. The molecule has 0 saturated carbocycles. The molecule has 1 heterocycles. The van der Waals surface area contributed by atoms with Crippen LogP contribution in [0.3, 0.4) is 0 Å². The number of carbonyl (C=O) groups excluding carboxylic acids is 1. The minimum Gasteiger partial charge on any atom is -0.489 e. The highest BCUT2D eigenvalue weighted by molar-refractivity contribution is 5.80. The second kappa shape index (κ2) is 9.36. The summed E-state index contributed by atoms with van der Waals surface area (Å²) in [6.07, 6.45) is 1.94. The molecule has 5 heteroatoms. The summed E-state index contributed by atoms with van der Waals surface area (Å²) in [6, 6.07) is 18.1. The molecule has 1 atom stereocenters. The molecule has 2 N–H and O–H groups in total. The van der Waals surface area contributed by atoms with Gasteiger partial charge in [-0.2, -0.15) is 0 Å². The van der Waals surface area contributed by atoms with E-state index in [1.165, 1.54) is 5.56 Å². The van der Waals surface area contributed by atoms with Crippen LogP contribution in [0.2, 0.25) is 0 Å². The molecule has 1 aliphatic heterocycles. The molecule has 1 aliphatic rings. The standard InChI is InChI=1S/C21H26N2O3/c22-21(24)20-16-25-14-13-23(20)12-4-7-17-8-10-19(11-9-17)26-15-18-5-2-1-3-6-18/h1-3,5-6,8-11,20H,4,7,12-16H2,(H2,22,24). The summed E-state index contributed by atoms with van der Waals surface area (Å²) in [4.78, 5) is 13.6. The lowest BCUT2D eigenvalue weighted by Crippen LogP contribution is -2.52. The number of amides is 1. The van der Waals surface area contributed by atoms with Crippen molar-refractivity contribution in [1.29, 1.82) is 0 Å². The zero-order valence-corrected chi connectivity index (χ0v) is 15.0. The molecule has 0 aliphatic carbocycles. The van der Waals surface area contributed by atoms with Crippen molar-refractivity contribution in [3.63, 3.8) is 0 Å². The molecule has 2 aromatic rings. The first-order valence-electron chi connectivity index (χ1n) is 9.09. The van der Waals surface area contributed by atoms with Gasteiger partial charge in [0.25, 0.3) is 0 Å². The van der Waals surface area contributed by atoms with Gasteiger partial charge < -0.3 is 15.2 Å². The summed E-state index contributed by atoms with van der Waals surface area (Å²) in [7, 11) is 0. The van der Waals surface area contributed by atoms with E-state index in [0.29, 0.717) is 19.8 Å². The van der Waals surface area contributed by atoms with Gasteiger partial charge in [0.2, 0.25) is 5.91 Å². The predicted octanol–water partition coefficient (Wildman–Crippen LogP) is 2.38. The van der Waals surface area contributed by atoms with Crippen molar-refractivity contribution in [3.05, 3.63) is 65.7 Å². The highest BCUT2D eigenvalue weighted by Crippen LogP contribution is 2.16. The fourth-order valence-corrected chi connectivity index (χ4v) is 3.15. The van der Waals surface area contributed by atoms with Crippen LogP contribution in [0.5, 0.6) is 5.75 Å². The second-order valence-electron chi connectivity index (χ2n) is 6.55. The summed E-state index contributed by atoms with van der Waals surface area (Å²) in [5.74, 6) is 0.573. The number of aryl methyl sites for hydroxylation is 1. The lowest BCUT2D eigenvalue weighted by atomic mass is 10.1. The van der Waals surface area contributed by atoms with Gasteiger partial charge >= 0.3 is 0 Å². The molecule has 1 saturated heterocycles. The predicted molar refractivity (Wildman–Crippen MR) is 101 cm³/mol. The molecule has 0 spiro atoms. The third-order valence-corrected chi connectivity index (χ3v) is 4.65. The van der Waals surface area contributed by atoms with Crippen LogP contribution in [-0.4, -0.2) is 43.2 Å². The molecular weight excluding hydrogens is 328 g/mol. The maximum atomic E-state index is 11.5. The molecule has 3 rings (SSSR count). The van der Waals surface area contributed by atoms with E-state index >= 15 is 0 Å². The number of hydrogen-bond acceptors (Lipinski definition) is 4. The van der Waals surface area contributed by atoms with Crippen LogP contribution < -0.4 is 10.5 Å². The van der Waals surface area contributed by atoms with Gasteiger partial charge in [-0.1, -0.05) is 42.5 Å². The molecule has 0 bridgehead atoms. The molecule has 1 unspecified atom stereocenters. The van der Waals surface area contributed by atoms with Crippen molar-refractivity contribution < 1.29 is 14.3 Å². The van der Waals surface area contributed by atoms with Crippen LogP contribution in [0.25, 0.3) is 0 Å². The van der Waals surface area contributed by atoms with Gasteiger partial charge in [-0.15, -0.1) is 0 Å². The molecule has 138 valence electrons. The van der Waals surface area contributed by atoms with E-state index in [-0.39, 0.29) is 11.9 Å². The molecule has 5 nitrogen and oxygen atoms in total. The van der Waals surface area contributed by atoms with Gasteiger partial charge in [-0.05, 0) is 42.6 Å². The number of carbonyl (C=O) groups is 1. The van der Waals surface area contributed by atoms with Gasteiger partial charge in [0.05, 0.1) is 13.2 Å². The summed E-state index contributed by atoms with van der Waals surface area (Å²) < 4.78 is 11.2. The highest BCUT2D eigenvalue weighted by Gasteiger charge is 2.26. The first-order chi connectivity index (χ1) is 12.7. The van der Waals surface area contributed by atoms with Crippen LogP contribution in [0.1, 0.15) is 17.5 Å². The van der Waals surface area contributed by atoms with Gasteiger partial charge in [-0.25, -0.2) is 0 Å². The first kappa shape index (κ1) is 18.4. The van der Waals surface area contributed by atoms with E-state index in [2.05, 4.69) is 29.2 Å². The van der Waals surface area contributed by atoms with E-state index in [4.69, 9.17) is 15.2 Å². The number of morpholine rings is 1. The Bertz CT molecular complexity index is 688. The van der Waals surface area contributed by atoms with E-state index in [1.807, 2.05) is 30.3 Å². The van der Waals surface area contributed by atoms with E-state index < -0.39 is 0 Å². The zero-order valence-electron chi connectivity index (χ0n) is 15.0. The van der Waals surface area contributed by atoms with Crippen LogP contribution in [0.4, 0.5) is 0 Å². The van der Waals surface area contributed by atoms with E-state index in [9.17, 15) is 4.79 Å². The largest absolute Gasteiger partial charge is 0.489 e. The maximum Gasteiger partial charge on any atom is 0.237 e. The number of benzene rings is 2. The van der Waals surface area contributed by atoms with Crippen molar-refractivity contribution in [2.24, 2.45) is 5.73 Å². The Hall–Kier alpha value is -2.37. The Kier molecular flexibility index (Phi) is 6.63. The second-order valence-corrected chi connectivity index (χ2v) is 6.55. The highest BCUT2D eigenvalue weighted by atomic mass is 16.5. The average Bonchev–Trinajstić information content (AvgIpc) is 2.68. The minimum absolute atomic E-state index is 0.294. The third-order valence-electron chi connectivity index (χ3n) is 4.65. The average molecular weight is 354 g/mol. The summed E-state index contributed by atoms with van der Waals surface area (Å²) >= 11 is 0. The molecule has 2 aromatic carbocycles. The number of ether oxygens (including phenoxy) is 2. The van der Waals surface area contributed by atoms with Crippen LogP contribution in [0, 0.1) is 0 Å². The van der Waals surface area contributed by atoms with E-state index in [0.717, 1.165) is 37.2 Å². The van der Waals surface area contributed by atoms with Crippen molar-refractivity contribution in [2.45, 2.75) is 25.5 Å². The van der Waals surface area contributed by atoms with Crippen LogP contribution in [-0.2, 0) is 22.6 Å². The Balaban J connectivity index is 1.43. The lowest BCUT2D eigenvalue weighted by Gasteiger charge is -2.33. The van der Waals surface area contributed by atoms with Crippen LogP contribution in [0.15, 0.2) is 54.6 Å². The molecule has 26 heavy (non-hydrogen) atoms. The zero-order chi connectivity index (χ0) is 18.2. The number of nitrogens with zero attached hydrogens (tertiary/aromatic N) is 1. The normalized spacial score (nSPS) is 17.8. The fraction of sp³-hybridized carbons (Fsp3) is 0.381. The fourth-order valence-electron chi connectivity index (χ4n) is 3.15. The quantitative estimate of drug-likeness (QED) is 0.790. The number of primary amides is 1. The Morgan fingerprint density at radius 3 is 2.62 bits per heavy atom. The van der Waals surface area contributed by atoms with Gasteiger partial charge in [0.15, 0.2) is 0 Å². The number of hydrogen-bond donors (Lipinski definition) is 1. The minimum atomic E-state index is -0.301. The number of nitrogens with two attached hydrogens (primary N) is 1. The molecule has 0 radical (unpaired) electrons. The number of rotatable bonds is 8. The summed E-state index contributed by atoms with van der Waals surface area (Å²) in [5, 5.41) is 0.